The first kappa shape index (κ1) is 22.2. The summed E-state index contributed by atoms with van der Waals surface area (Å²) in [5, 5.41) is 15.9. The van der Waals surface area contributed by atoms with E-state index < -0.39 is 38.5 Å². The van der Waals surface area contributed by atoms with Crippen molar-refractivity contribution in [3.05, 3.63) is 51.4 Å². The van der Waals surface area contributed by atoms with Crippen LogP contribution in [0.3, 0.4) is 0 Å². The molecule has 1 aromatic heterocycles. The minimum Gasteiger partial charge on any atom is -0.324 e. The van der Waals surface area contributed by atoms with Crippen molar-refractivity contribution < 1.29 is 22.0 Å². The lowest BCUT2D eigenvalue weighted by molar-refractivity contribution is -0.117. The summed E-state index contributed by atoms with van der Waals surface area (Å²) >= 11 is 0. The molecule has 0 atom stereocenters. The van der Waals surface area contributed by atoms with E-state index in [9.17, 15) is 32.0 Å². The predicted octanol–water partition coefficient (Wildman–Crippen LogP) is 1.87. The Morgan fingerprint density at radius 3 is 2.34 bits per heavy atom. The predicted molar refractivity (Wildman–Crippen MR) is 100 cm³/mol. The molecule has 11 heteroatoms. The molecule has 29 heavy (non-hydrogen) atoms. The topological polar surface area (TPSA) is 122 Å². The van der Waals surface area contributed by atoms with Crippen LogP contribution in [-0.2, 0) is 34.0 Å². The van der Waals surface area contributed by atoms with E-state index in [2.05, 4.69) is 10.4 Å². The number of hydrogen-bond acceptors (Lipinski definition) is 6. The van der Waals surface area contributed by atoms with Crippen LogP contribution in [0.5, 0.6) is 0 Å². The van der Waals surface area contributed by atoms with E-state index in [1.54, 1.807) is 6.92 Å². The van der Waals surface area contributed by atoms with E-state index in [1.807, 2.05) is 13.0 Å². The van der Waals surface area contributed by atoms with Gasteiger partial charge in [-0.3, -0.25) is 9.59 Å². The first-order chi connectivity index (χ1) is 13.6. The Labute approximate surface area is 165 Å². The number of nitrogens with zero attached hydrogens (tertiary/aromatic N) is 3. The fourth-order valence-corrected chi connectivity index (χ4v) is 3.43. The number of amides is 1. The van der Waals surface area contributed by atoms with E-state index in [1.165, 1.54) is 0 Å². The van der Waals surface area contributed by atoms with Gasteiger partial charge in [0.2, 0.25) is 15.7 Å². The highest BCUT2D eigenvalue weighted by atomic mass is 32.2. The molecule has 1 aromatic carbocycles. The molecule has 1 amide bonds. The first-order valence-electron chi connectivity index (χ1n) is 8.60. The largest absolute Gasteiger partial charge is 0.341 e. The van der Waals surface area contributed by atoms with Crippen molar-refractivity contribution in [2.45, 2.75) is 43.9 Å². The molecular formula is C18H18F2N4O4S. The lowest BCUT2D eigenvalue weighted by Gasteiger charge is -2.12. The van der Waals surface area contributed by atoms with Crippen molar-refractivity contribution in [2.75, 3.05) is 5.32 Å². The third-order valence-electron chi connectivity index (χ3n) is 4.13. The van der Waals surface area contributed by atoms with Gasteiger partial charge in [0, 0.05) is 5.69 Å². The number of carbonyl (C=O) groups excluding carboxylic acids is 1. The smallest absolute Gasteiger partial charge is 0.324 e. The SMILES string of the molecule is CCc1nn(CC(=O)Nc2ccc(S(=O)(=O)C(F)F)cc2)c(=O)c(C#N)c1CC. The number of aromatic nitrogens is 2. The number of anilines is 1. The van der Waals surface area contributed by atoms with Crippen LogP contribution in [0.15, 0.2) is 34.0 Å². The van der Waals surface area contributed by atoms with Gasteiger partial charge in [-0.15, -0.1) is 0 Å². The summed E-state index contributed by atoms with van der Waals surface area (Å²) in [4.78, 5) is 24.1. The molecule has 2 rings (SSSR count). The Balaban J connectivity index is 2.24. The standard InChI is InChI=1S/C18H18F2N4O4S/c1-3-13-14(9-21)17(26)24(23-15(13)4-2)10-16(25)22-11-5-7-12(8-6-11)29(27,28)18(19)20/h5-8,18H,3-4,10H2,1-2H3,(H,22,25). The first-order valence-corrected chi connectivity index (χ1v) is 10.1. The normalized spacial score (nSPS) is 11.3. The average Bonchev–Trinajstić information content (AvgIpc) is 2.69. The average molecular weight is 424 g/mol. The number of aryl methyl sites for hydroxylation is 1. The van der Waals surface area contributed by atoms with Gasteiger partial charge >= 0.3 is 5.76 Å². The lowest BCUT2D eigenvalue weighted by Crippen LogP contribution is -2.33. The Morgan fingerprint density at radius 1 is 1.24 bits per heavy atom. The summed E-state index contributed by atoms with van der Waals surface area (Å²) in [6.07, 6.45) is 0.926. The maximum Gasteiger partial charge on any atom is 0.341 e. The molecule has 0 spiro atoms. The number of hydrogen-bond donors (Lipinski definition) is 1. The van der Waals surface area contributed by atoms with Crippen LogP contribution in [-0.4, -0.2) is 29.9 Å². The molecule has 0 saturated carbocycles. The van der Waals surface area contributed by atoms with E-state index in [0.717, 1.165) is 28.9 Å². The number of sulfone groups is 1. The van der Waals surface area contributed by atoms with Crippen LogP contribution < -0.4 is 10.9 Å². The highest BCUT2D eigenvalue weighted by molar-refractivity contribution is 7.91. The van der Waals surface area contributed by atoms with Crippen molar-refractivity contribution in [3.8, 4) is 6.07 Å². The van der Waals surface area contributed by atoms with Crippen LogP contribution in [0.1, 0.15) is 30.7 Å². The monoisotopic (exact) mass is 424 g/mol. The van der Waals surface area contributed by atoms with Gasteiger partial charge in [0.1, 0.15) is 18.2 Å². The molecule has 8 nitrogen and oxygen atoms in total. The number of nitrogens with one attached hydrogen (secondary N) is 1. The van der Waals surface area contributed by atoms with Crippen molar-refractivity contribution in [2.24, 2.45) is 0 Å². The minimum absolute atomic E-state index is 0.0614. The fraction of sp³-hybridized carbons (Fsp3) is 0.333. The third-order valence-corrected chi connectivity index (χ3v) is 5.53. The maximum atomic E-state index is 12.5. The molecule has 0 aliphatic heterocycles. The summed E-state index contributed by atoms with van der Waals surface area (Å²) in [5.41, 5.74) is 0.493. The van der Waals surface area contributed by atoms with E-state index in [0.29, 0.717) is 24.1 Å². The fourth-order valence-electron chi connectivity index (χ4n) is 2.71. The van der Waals surface area contributed by atoms with Crippen LogP contribution in [0, 0.1) is 11.3 Å². The van der Waals surface area contributed by atoms with Gasteiger partial charge < -0.3 is 5.32 Å². The van der Waals surface area contributed by atoms with Crippen LogP contribution in [0.25, 0.3) is 0 Å². The molecular weight excluding hydrogens is 406 g/mol. The highest BCUT2D eigenvalue weighted by Crippen LogP contribution is 2.20. The quantitative estimate of drug-likeness (QED) is 0.724. The van der Waals surface area contributed by atoms with E-state index >= 15 is 0 Å². The number of benzene rings is 1. The zero-order valence-corrected chi connectivity index (χ0v) is 16.5. The maximum absolute atomic E-state index is 12.5. The number of nitriles is 1. The Hall–Kier alpha value is -3.13. The van der Waals surface area contributed by atoms with Crippen molar-refractivity contribution in [3.63, 3.8) is 0 Å². The number of rotatable bonds is 7. The number of halogens is 2. The summed E-state index contributed by atoms with van der Waals surface area (Å²) in [6, 6.07) is 6.06. The lowest BCUT2D eigenvalue weighted by atomic mass is 10.0. The van der Waals surface area contributed by atoms with Gasteiger partial charge in [0.25, 0.3) is 5.56 Å². The summed E-state index contributed by atoms with van der Waals surface area (Å²) in [5.74, 6) is -4.20. The Bertz CT molecular complexity index is 1120. The molecule has 1 N–H and O–H groups in total. The summed E-state index contributed by atoms with van der Waals surface area (Å²) in [6.45, 7) is 3.14. The van der Waals surface area contributed by atoms with Crippen molar-refractivity contribution in [1.82, 2.24) is 9.78 Å². The van der Waals surface area contributed by atoms with Gasteiger partial charge in [-0.2, -0.15) is 19.1 Å². The van der Waals surface area contributed by atoms with Crippen LogP contribution in [0.4, 0.5) is 14.5 Å². The van der Waals surface area contributed by atoms with Gasteiger partial charge in [0.05, 0.1) is 10.6 Å². The molecule has 0 unspecified atom stereocenters. The highest BCUT2D eigenvalue weighted by Gasteiger charge is 2.26. The third kappa shape index (κ3) is 4.65. The molecule has 0 radical (unpaired) electrons. The molecule has 0 fully saturated rings. The molecule has 0 saturated heterocycles. The Morgan fingerprint density at radius 2 is 1.86 bits per heavy atom. The molecule has 0 aliphatic carbocycles. The van der Waals surface area contributed by atoms with Gasteiger partial charge in [0.15, 0.2) is 0 Å². The van der Waals surface area contributed by atoms with Gasteiger partial charge in [-0.05, 0) is 42.7 Å². The van der Waals surface area contributed by atoms with Crippen molar-refractivity contribution >= 4 is 21.4 Å². The summed E-state index contributed by atoms with van der Waals surface area (Å²) in [7, 11) is -4.73. The second-order valence-electron chi connectivity index (χ2n) is 5.96. The molecule has 154 valence electrons. The number of carbonyl (C=O) groups is 1. The summed E-state index contributed by atoms with van der Waals surface area (Å²) < 4.78 is 48.8. The van der Waals surface area contributed by atoms with Crippen LogP contribution in [0.2, 0.25) is 0 Å². The number of alkyl halides is 2. The zero-order valence-electron chi connectivity index (χ0n) is 15.6. The van der Waals surface area contributed by atoms with Gasteiger partial charge in [-0.1, -0.05) is 13.8 Å². The second-order valence-corrected chi connectivity index (χ2v) is 7.88. The van der Waals surface area contributed by atoms with E-state index in [4.69, 9.17) is 0 Å². The second kappa shape index (κ2) is 8.91. The Kier molecular flexibility index (Phi) is 6.81. The molecule has 2 aromatic rings. The minimum atomic E-state index is -4.73. The van der Waals surface area contributed by atoms with Gasteiger partial charge in [-0.25, -0.2) is 13.1 Å². The molecule has 1 heterocycles. The van der Waals surface area contributed by atoms with Crippen molar-refractivity contribution in [1.29, 1.82) is 5.26 Å². The van der Waals surface area contributed by atoms with E-state index in [-0.39, 0.29) is 11.3 Å². The van der Waals surface area contributed by atoms with Crippen LogP contribution >= 0.6 is 0 Å². The molecule has 0 aliphatic rings. The molecule has 0 bridgehead atoms. The zero-order chi connectivity index (χ0) is 21.8.